The van der Waals surface area contributed by atoms with E-state index in [1.807, 2.05) is 13.8 Å². The first kappa shape index (κ1) is 17.6. The number of hydrogen-bond acceptors (Lipinski definition) is 3. The van der Waals surface area contributed by atoms with Gasteiger partial charge in [0.2, 0.25) is 0 Å². The minimum atomic E-state index is -0.848. The Balaban J connectivity index is 0.00000324. The first-order chi connectivity index (χ1) is 8.67. The summed E-state index contributed by atoms with van der Waals surface area (Å²) in [6.07, 6.45) is 1.82. The van der Waals surface area contributed by atoms with Crippen LogP contribution in [0.15, 0.2) is 18.2 Å². The van der Waals surface area contributed by atoms with Crippen molar-refractivity contribution in [3.63, 3.8) is 0 Å². The van der Waals surface area contributed by atoms with Gasteiger partial charge in [-0.25, -0.2) is 0 Å². The van der Waals surface area contributed by atoms with Crippen LogP contribution >= 0.6 is 12.4 Å². The fraction of sp³-hybridized carbons (Fsp3) is 0.500. The monoisotopic (exact) mass is 288 g/mol. The predicted octanol–water partition coefficient (Wildman–Crippen LogP) is 3.31. The highest BCUT2D eigenvalue weighted by Gasteiger charge is 2.08. The Hall–Kier alpha value is -1.42. The standard InChI is InChI=1S/C14H20O4.ClH/c1-3-7-17-12-6-5-11(10-14(15)16)9-13(12)18-8-4-2;/h5-6,9H,3-4,7-8,10H2,1-2H3,(H,15,16);1H. The molecule has 0 aliphatic heterocycles. The molecule has 0 aromatic heterocycles. The lowest BCUT2D eigenvalue weighted by Crippen LogP contribution is -2.04. The second-order valence-corrected chi connectivity index (χ2v) is 4.05. The van der Waals surface area contributed by atoms with Gasteiger partial charge in [0.05, 0.1) is 19.6 Å². The van der Waals surface area contributed by atoms with Crippen LogP contribution in [0.3, 0.4) is 0 Å². The van der Waals surface area contributed by atoms with Gasteiger partial charge in [-0.1, -0.05) is 19.9 Å². The van der Waals surface area contributed by atoms with Crippen LogP contribution in [0.25, 0.3) is 0 Å². The molecule has 0 amide bonds. The highest BCUT2D eigenvalue weighted by Crippen LogP contribution is 2.29. The summed E-state index contributed by atoms with van der Waals surface area (Å²) >= 11 is 0. The van der Waals surface area contributed by atoms with Crippen LogP contribution in [-0.4, -0.2) is 24.3 Å². The molecule has 0 heterocycles. The molecular weight excluding hydrogens is 268 g/mol. The maximum atomic E-state index is 10.7. The number of carboxylic acid groups (broad SMARTS) is 1. The van der Waals surface area contributed by atoms with Crippen molar-refractivity contribution in [2.24, 2.45) is 0 Å². The third-order valence-electron chi connectivity index (χ3n) is 2.29. The van der Waals surface area contributed by atoms with E-state index < -0.39 is 5.97 Å². The van der Waals surface area contributed by atoms with Gasteiger partial charge in [-0.05, 0) is 30.5 Å². The molecule has 0 saturated heterocycles. The Morgan fingerprint density at radius 2 is 1.68 bits per heavy atom. The number of carbonyl (C=O) groups is 1. The number of benzene rings is 1. The molecule has 0 aliphatic rings. The molecule has 1 aromatic carbocycles. The van der Waals surface area contributed by atoms with Crippen LogP contribution in [0.5, 0.6) is 11.5 Å². The van der Waals surface area contributed by atoms with Crippen molar-refractivity contribution in [1.82, 2.24) is 0 Å². The molecule has 0 saturated carbocycles. The number of hydrogen-bond donors (Lipinski definition) is 1. The molecule has 0 spiro atoms. The number of halogens is 1. The first-order valence-electron chi connectivity index (χ1n) is 6.27. The van der Waals surface area contributed by atoms with E-state index >= 15 is 0 Å². The predicted molar refractivity (Wildman–Crippen MR) is 76.6 cm³/mol. The van der Waals surface area contributed by atoms with Crippen molar-refractivity contribution in [2.75, 3.05) is 13.2 Å². The summed E-state index contributed by atoms with van der Waals surface area (Å²) in [6, 6.07) is 5.28. The average molecular weight is 289 g/mol. The Labute approximate surface area is 120 Å². The van der Waals surface area contributed by atoms with E-state index in [0.29, 0.717) is 24.7 Å². The lowest BCUT2D eigenvalue weighted by Gasteiger charge is -2.13. The smallest absolute Gasteiger partial charge is 0.307 e. The topological polar surface area (TPSA) is 55.8 Å². The van der Waals surface area contributed by atoms with E-state index in [2.05, 4.69) is 0 Å². The summed E-state index contributed by atoms with van der Waals surface area (Å²) in [6.45, 7) is 5.28. The normalized spacial score (nSPS) is 9.58. The van der Waals surface area contributed by atoms with Crippen molar-refractivity contribution in [3.05, 3.63) is 23.8 Å². The maximum Gasteiger partial charge on any atom is 0.307 e. The van der Waals surface area contributed by atoms with Crippen molar-refractivity contribution in [2.45, 2.75) is 33.1 Å². The van der Waals surface area contributed by atoms with Crippen LogP contribution in [-0.2, 0) is 11.2 Å². The molecule has 1 rings (SSSR count). The molecular formula is C14H21ClO4. The van der Waals surface area contributed by atoms with Crippen LogP contribution < -0.4 is 9.47 Å². The maximum absolute atomic E-state index is 10.7. The van der Waals surface area contributed by atoms with Crippen molar-refractivity contribution in [3.8, 4) is 11.5 Å². The fourth-order valence-corrected chi connectivity index (χ4v) is 1.49. The minimum absolute atomic E-state index is 0. The van der Waals surface area contributed by atoms with Crippen molar-refractivity contribution >= 4 is 18.4 Å². The zero-order chi connectivity index (χ0) is 13.4. The number of aliphatic carboxylic acids is 1. The molecule has 0 radical (unpaired) electrons. The Kier molecular flexibility index (Phi) is 8.79. The SMILES string of the molecule is CCCOc1ccc(CC(=O)O)cc1OCCC.Cl. The molecule has 1 aromatic rings. The molecule has 0 unspecified atom stereocenters. The Bertz CT molecular complexity index is 393. The quantitative estimate of drug-likeness (QED) is 0.797. The zero-order valence-corrected chi connectivity index (χ0v) is 12.2. The van der Waals surface area contributed by atoms with E-state index in [9.17, 15) is 4.79 Å². The second-order valence-electron chi connectivity index (χ2n) is 4.05. The molecule has 0 bridgehead atoms. The Morgan fingerprint density at radius 1 is 1.11 bits per heavy atom. The molecule has 108 valence electrons. The van der Waals surface area contributed by atoms with E-state index in [0.717, 1.165) is 18.4 Å². The largest absolute Gasteiger partial charge is 0.490 e. The van der Waals surface area contributed by atoms with Gasteiger partial charge in [0.1, 0.15) is 0 Å². The highest BCUT2D eigenvalue weighted by molar-refractivity contribution is 5.85. The summed E-state index contributed by atoms with van der Waals surface area (Å²) in [5.74, 6) is 0.460. The lowest BCUT2D eigenvalue weighted by atomic mass is 10.1. The molecule has 0 atom stereocenters. The summed E-state index contributed by atoms with van der Waals surface area (Å²) in [4.78, 5) is 10.7. The highest BCUT2D eigenvalue weighted by atomic mass is 35.5. The molecule has 19 heavy (non-hydrogen) atoms. The van der Waals surface area contributed by atoms with Gasteiger partial charge in [0.25, 0.3) is 0 Å². The average Bonchev–Trinajstić information content (AvgIpc) is 2.34. The second kappa shape index (κ2) is 9.50. The third kappa shape index (κ3) is 6.34. The van der Waals surface area contributed by atoms with Crippen LogP contribution in [0, 0.1) is 0 Å². The Morgan fingerprint density at radius 3 is 2.21 bits per heavy atom. The van der Waals surface area contributed by atoms with E-state index in [1.54, 1.807) is 18.2 Å². The summed E-state index contributed by atoms with van der Waals surface area (Å²) < 4.78 is 11.2. The van der Waals surface area contributed by atoms with Gasteiger partial charge in [-0.2, -0.15) is 0 Å². The van der Waals surface area contributed by atoms with Crippen LogP contribution in [0.1, 0.15) is 32.3 Å². The number of carboxylic acids is 1. The van der Waals surface area contributed by atoms with Crippen LogP contribution in [0.4, 0.5) is 0 Å². The molecule has 5 heteroatoms. The van der Waals surface area contributed by atoms with E-state index in [-0.39, 0.29) is 18.8 Å². The molecule has 4 nitrogen and oxygen atoms in total. The van der Waals surface area contributed by atoms with E-state index in [1.165, 1.54) is 0 Å². The van der Waals surface area contributed by atoms with Gasteiger partial charge in [0.15, 0.2) is 11.5 Å². The minimum Gasteiger partial charge on any atom is -0.490 e. The van der Waals surface area contributed by atoms with Crippen LogP contribution in [0.2, 0.25) is 0 Å². The summed E-state index contributed by atoms with van der Waals surface area (Å²) in [7, 11) is 0. The van der Waals surface area contributed by atoms with Gasteiger partial charge < -0.3 is 14.6 Å². The zero-order valence-electron chi connectivity index (χ0n) is 11.3. The van der Waals surface area contributed by atoms with Gasteiger partial charge in [-0.3, -0.25) is 4.79 Å². The molecule has 1 N–H and O–H groups in total. The number of rotatable bonds is 8. The van der Waals surface area contributed by atoms with Crippen molar-refractivity contribution < 1.29 is 19.4 Å². The van der Waals surface area contributed by atoms with Crippen molar-refractivity contribution in [1.29, 1.82) is 0 Å². The summed E-state index contributed by atoms with van der Waals surface area (Å²) in [5.41, 5.74) is 0.720. The van der Waals surface area contributed by atoms with Gasteiger partial charge >= 0.3 is 5.97 Å². The lowest BCUT2D eigenvalue weighted by molar-refractivity contribution is -0.136. The molecule has 0 fully saturated rings. The van der Waals surface area contributed by atoms with Gasteiger partial charge in [0, 0.05) is 0 Å². The first-order valence-corrected chi connectivity index (χ1v) is 6.27. The molecule has 0 aliphatic carbocycles. The fourth-order valence-electron chi connectivity index (χ4n) is 1.49. The number of ether oxygens (including phenoxy) is 2. The van der Waals surface area contributed by atoms with E-state index in [4.69, 9.17) is 14.6 Å². The summed E-state index contributed by atoms with van der Waals surface area (Å²) in [5, 5.41) is 8.77. The third-order valence-corrected chi connectivity index (χ3v) is 2.29. The van der Waals surface area contributed by atoms with Gasteiger partial charge in [-0.15, -0.1) is 12.4 Å².